The van der Waals surface area contributed by atoms with Crippen LogP contribution < -0.4 is 10.6 Å². The summed E-state index contributed by atoms with van der Waals surface area (Å²) in [6, 6.07) is 4.41. The van der Waals surface area contributed by atoms with Gasteiger partial charge in [-0.2, -0.15) is 5.10 Å². The van der Waals surface area contributed by atoms with Crippen LogP contribution in [0, 0.1) is 17.8 Å². The lowest BCUT2D eigenvalue weighted by molar-refractivity contribution is -0.134. The van der Waals surface area contributed by atoms with Gasteiger partial charge in [0.05, 0.1) is 22.5 Å². The van der Waals surface area contributed by atoms with Gasteiger partial charge in [0.2, 0.25) is 5.91 Å². The molecule has 18 heteroatoms. The largest absolute Gasteiger partial charge is 0.483 e. The lowest BCUT2D eigenvalue weighted by Crippen LogP contribution is -2.51. The minimum atomic E-state index is -3.04. The number of nitrogens with one attached hydrogen (secondary N) is 2. The van der Waals surface area contributed by atoms with Crippen LogP contribution >= 0.6 is 11.6 Å². The minimum absolute atomic E-state index is 0.0868. The van der Waals surface area contributed by atoms with Crippen LogP contribution in [0.25, 0.3) is 11.3 Å². The van der Waals surface area contributed by atoms with Gasteiger partial charge in [0.1, 0.15) is 12.2 Å². The molecule has 0 spiro atoms. The Labute approximate surface area is 270 Å². The van der Waals surface area contributed by atoms with Gasteiger partial charge in [-0.1, -0.05) is 11.6 Å². The number of anilines is 1. The number of imidazole rings is 1. The third-order valence-corrected chi connectivity index (χ3v) is 8.81. The van der Waals surface area contributed by atoms with E-state index < -0.39 is 31.0 Å². The van der Waals surface area contributed by atoms with E-state index in [4.69, 9.17) is 21.5 Å². The number of hydrogen-bond donors (Lipinski definition) is 3. The number of carbonyl (C=O) groups is 4. The van der Waals surface area contributed by atoms with Gasteiger partial charge in [0, 0.05) is 56.6 Å². The lowest BCUT2D eigenvalue weighted by Gasteiger charge is -2.35. The van der Waals surface area contributed by atoms with E-state index in [-0.39, 0.29) is 57.6 Å². The molecule has 1 aliphatic carbocycles. The summed E-state index contributed by atoms with van der Waals surface area (Å²) in [5.41, 5.74) is -0.240. The molecule has 2 aliphatic heterocycles. The van der Waals surface area contributed by atoms with Gasteiger partial charge in [-0.05, 0) is 43.1 Å². The average Bonchev–Trinajstić information content (AvgIpc) is 3.39. The first kappa shape index (κ1) is 33.8. The fraction of sp³-hybridized carbons (Fsp3) is 0.448. The van der Waals surface area contributed by atoms with E-state index in [0.29, 0.717) is 38.0 Å². The molecule has 3 amide bonds. The van der Waals surface area contributed by atoms with Crippen molar-refractivity contribution in [2.24, 2.45) is 24.8 Å². The third-order valence-electron chi connectivity index (χ3n) is 8.50. The Hall–Kier alpha value is -4.51. The topological polar surface area (TPSA) is 155 Å². The molecular weight excluding hydrogens is 652 g/mol. The number of hydrogen-bond acceptors (Lipinski definition) is 7. The monoisotopic (exact) mass is 682 g/mol. The molecule has 3 aromatic rings. The number of piperazine rings is 1. The number of carboxylic acid groups (broad SMARTS) is 1. The summed E-state index contributed by atoms with van der Waals surface area (Å²) in [4.78, 5) is 54.9. The number of nitrogens with zero attached hydrogens (tertiary/aromatic N) is 6. The highest BCUT2D eigenvalue weighted by molar-refractivity contribution is 6.34. The molecule has 0 radical (unpaired) electrons. The van der Waals surface area contributed by atoms with Crippen molar-refractivity contribution in [2.45, 2.75) is 19.4 Å². The van der Waals surface area contributed by atoms with Crippen molar-refractivity contribution in [1.29, 1.82) is 0 Å². The van der Waals surface area contributed by atoms with Gasteiger partial charge in [-0.15, -0.1) is 0 Å². The number of alkyl halides is 4. The van der Waals surface area contributed by atoms with Gasteiger partial charge in [0.15, 0.2) is 5.82 Å². The van der Waals surface area contributed by atoms with Crippen molar-refractivity contribution in [1.82, 2.24) is 34.4 Å². The van der Waals surface area contributed by atoms with Crippen molar-refractivity contribution in [2.75, 3.05) is 44.6 Å². The second-order valence-electron chi connectivity index (χ2n) is 11.3. The molecule has 2 aromatic heterocycles. The first-order chi connectivity index (χ1) is 22.4. The van der Waals surface area contributed by atoms with Gasteiger partial charge in [-0.3, -0.25) is 23.9 Å². The summed E-state index contributed by atoms with van der Waals surface area (Å²) in [6.07, 6.45) is -3.58. The minimum Gasteiger partial charge on any atom is -0.483 e. The molecule has 6 rings (SSSR count). The van der Waals surface area contributed by atoms with Crippen molar-refractivity contribution in [3.05, 3.63) is 52.7 Å². The van der Waals surface area contributed by atoms with Crippen molar-refractivity contribution < 1.29 is 41.8 Å². The molecule has 3 fully saturated rings. The van der Waals surface area contributed by atoms with Crippen molar-refractivity contribution >= 4 is 41.5 Å². The first-order valence-electron chi connectivity index (χ1n) is 14.6. The van der Waals surface area contributed by atoms with E-state index in [1.54, 1.807) is 4.90 Å². The molecule has 252 valence electrons. The first-order valence-corrected chi connectivity index (χ1v) is 15.0. The van der Waals surface area contributed by atoms with Crippen LogP contribution in [-0.2, 0) is 23.2 Å². The molecule has 2 saturated heterocycles. The Balaban J connectivity index is 0.00000139. The van der Waals surface area contributed by atoms with Crippen molar-refractivity contribution in [3.63, 3.8) is 0 Å². The zero-order chi connectivity index (χ0) is 34.0. The SMILES string of the molecule is Cn1c(-c2cn(CC(F)F)nc2C(F)F)cnc1C(=O)Nc1ccc(C(=O)N2CCN(C(=O)[C@H]3[C@@H]4CNC[C@@H]43)CC2)c(Cl)c1.O=CO. The predicted molar refractivity (Wildman–Crippen MR) is 159 cm³/mol. The van der Waals surface area contributed by atoms with Gasteiger partial charge in [0.25, 0.3) is 31.1 Å². The highest BCUT2D eigenvalue weighted by atomic mass is 35.5. The molecule has 0 bridgehead atoms. The van der Waals surface area contributed by atoms with E-state index in [9.17, 15) is 31.9 Å². The molecule has 4 heterocycles. The smallest absolute Gasteiger partial charge is 0.291 e. The van der Waals surface area contributed by atoms with Gasteiger partial charge < -0.3 is 30.1 Å². The molecule has 3 atom stereocenters. The second kappa shape index (κ2) is 14.1. The van der Waals surface area contributed by atoms with Crippen LogP contribution in [0.4, 0.5) is 23.2 Å². The number of halogens is 5. The number of fused-ring (bicyclic) bond motifs is 1. The van der Waals surface area contributed by atoms with Crippen LogP contribution in [0.5, 0.6) is 0 Å². The summed E-state index contributed by atoms with van der Waals surface area (Å²) >= 11 is 6.43. The van der Waals surface area contributed by atoms with Gasteiger partial charge in [-0.25, -0.2) is 22.5 Å². The lowest BCUT2D eigenvalue weighted by atomic mass is 10.1. The quantitative estimate of drug-likeness (QED) is 0.242. The number of carbonyl (C=O) groups excluding carboxylic acids is 3. The third kappa shape index (κ3) is 7.10. The van der Waals surface area contributed by atoms with E-state index in [1.165, 1.54) is 36.0 Å². The second-order valence-corrected chi connectivity index (χ2v) is 11.7. The molecule has 47 heavy (non-hydrogen) atoms. The van der Waals surface area contributed by atoms with Crippen molar-refractivity contribution in [3.8, 4) is 11.3 Å². The summed E-state index contributed by atoms with van der Waals surface area (Å²) < 4.78 is 54.7. The highest BCUT2D eigenvalue weighted by Crippen LogP contribution is 2.49. The maximum absolute atomic E-state index is 13.6. The number of amides is 3. The van der Waals surface area contributed by atoms with Crippen LogP contribution in [0.15, 0.2) is 30.6 Å². The Bertz CT molecular complexity index is 1650. The Morgan fingerprint density at radius 3 is 2.34 bits per heavy atom. The zero-order valence-corrected chi connectivity index (χ0v) is 25.7. The zero-order valence-electron chi connectivity index (χ0n) is 25.0. The Morgan fingerprint density at radius 2 is 1.74 bits per heavy atom. The van der Waals surface area contributed by atoms with E-state index in [1.807, 2.05) is 4.90 Å². The summed E-state index contributed by atoms with van der Waals surface area (Å²) in [5.74, 6) is 0.0118. The molecule has 3 N–H and O–H groups in total. The molecule has 1 aromatic carbocycles. The molecule has 1 saturated carbocycles. The summed E-state index contributed by atoms with van der Waals surface area (Å²) in [7, 11) is 1.42. The van der Waals surface area contributed by atoms with Crippen LogP contribution in [0.2, 0.25) is 5.02 Å². The Morgan fingerprint density at radius 1 is 1.11 bits per heavy atom. The highest BCUT2D eigenvalue weighted by Gasteiger charge is 2.58. The number of benzene rings is 1. The fourth-order valence-electron chi connectivity index (χ4n) is 6.15. The molecular formula is C29H31ClF4N8O5. The predicted octanol–water partition coefficient (Wildman–Crippen LogP) is 2.84. The Kier molecular flexibility index (Phi) is 10.1. The summed E-state index contributed by atoms with van der Waals surface area (Å²) in [6.45, 7) is 2.34. The number of piperidine rings is 1. The molecule has 3 aliphatic rings. The van der Waals surface area contributed by atoms with Crippen LogP contribution in [0.3, 0.4) is 0 Å². The van der Waals surface area contributed by atoms with E-state index >= 15 is 0 Å². The maximum atomic E-state index is 13.6. The van der Waals surface area contributed by atoms with E-state index in [2.05, 4.69) is 20.7 Å². The van der Waals surface area contributed by atoms with Crippen LogP contribution in [0.1, 0.15) is 33.1 Å². The maximum Gasteiger partial charge on any atom is 0.291 e. The van der Waals surface area contributed by atoms with Gasteiger partial charge >= 0.3 is 0 Å². The standard InChI is InChI=1S/C28H29ClF4N8O3.CH2O2/c1-38-20(18-12-41(13-21(30)31)37-23(18)24(32)33)11-35-25(38)26(42)36-14-2-3-15(19(29)8-14)27(43)39-4-6-40(7-5-39)28(44)22-16-9-34-10-17(16)22;2-1-3/h2-3,8,11-12,16-17,21-22,24,34H,4-7,9-10,13H2,1H3,(H,36,42);1H,(H,2,3)/t16-,17+,22+;. The number of rotatable bonds is 8. The molecule has 0 unspecified atom stereocenters. The summed E-state index contributed by atoms with van der Waals surface area (Å²) in [5, 5.41) is 16.5. The average molecular weight is 683 g/mol. The molecule has 13 nitrogen and oxygen atoms in total. The normalized spacial score (nSPS) is 20.1. The number of aromatic nitrogens is 4. The van der Waals surface area contributed by atoms with E-state index in [0.717, 1.165) is 24.0 Å². The van der Waals surface area contributed by atoms with Crippen LogP contribution in [-0.4, -0.2) is 104 Å². The fourth-order valence-corrected chi connectivity index (χ4v) is 6.41.